The van der Waals surface area contributed by atoms with Gasteiger partial charge in [-0.1, -0.05) is 23.9 Å². The van der Waals surface area contributed by atoms with E-state index in [9.17, 15) is 13.2 Å². The van der Waals surface area contributed by atoms with E-state index < -0.39 is 9.84 Å². The number of hydrogen-bond acceptors (Lipinski definition) is 6. The van der Waals surface area contributed by atoms with Crippen molar-refractivity contribution >= 4 is 33.2 Å². The van der Waals surface area contributed by atoms with Gasteiger partial charge in [0.2, 0.25) is 5.91 Å². The zero-order valence-electron chi connectivity index (χ0n) is 16.6. The average Bonchev–Trinajstić information content (AvgIpc) is 3.14. The minimum atomic E-state index is -2.90. The largest absolute Gasteiger partial charge is 0.325 e. The number of aryl methyl sites for hydroxylation is 2. The number of carbonyl (C=O) groups excluding carboxylic acids is 1. The lowest BCUT2D eigenvalue weighted by Gasteiger charge is -2.14. The molecule has 0 aliphatic carbocycles. The fourth-order valence-corrected chi connectivity index (χ4v) is 5.93. The molecule has 1 amide bonds. The third kappa shape index (κ3) is 4.94. The van der Waals surface area contributed by atoms with Crippen LogP contribution in [0.15, 0.2) is 23.4 Å². The van der Waals surface area contributed by atoms with Crippen LogP contribution in [0.5, 0.6) is 0 Å². The van der Waals surface area contributed by atoms with Gasteiger partial charge < -0.3 is 9.88 Å². The van der Waals surface area contributed by atoms with Crippen molar-refractivity contribution in [2.24, 2.45) is 13.0 Å². The second-order valence-electron chi connectivity index (χ2n) is 7.50. The number of nitrogens with zero attached hydrogens (tertiary/aromatic N) is 3. The Balaban J connectivity index is 1.62. The van der Waals surface area contributed by atoms with Crippen LogP contribution in [0.2, 0.25) is 0 Å². The molecule has 1 N–H and O–H groups in total. The number of benzene rings is 1. The molecule has 1 aromatic heterocycles. The Bertz CT molecular complexity index is 985. The maximum atomic E-state index is 12.6. The van der Waals surface area contributed by atoms with Crippen molar-refractivity contribution < 1.29 is 13.2 Å². The standard InChI is InChI=1S/C19H26N4O3S2/c1-12-5-6-13(2)16(9-12)20-18(24)14(3)27-19-22-21-17(23(19)4)10-15-7-8-28(25,26)11-15/h5-6,9,14-15H,7-8,10-11H2,1-4H3,(H,20,24)/t14-,15+/m1/s1. The van der Waals surface area contributed by atoms with E-state index in [2.05, 4.69) is 15.5 Å². The van der Waals surface area contributed by atoms with Crippen LogP contribution in [-0.4, -0.2) is 45.8 Å². The van der Waals surface area contributed by atoms with Gasteiger partial charge >= 0.3 is 0 Å². The Hall–Kier alpha value is -1.87. The summed E-state index contributed by atoms with van der Waals surface area (Å²) in [5, 5.41) is 11.7. The first kappa shape index (κ1) is 20.9. The second kappa shape index (κ2) is 8.24. The fraction of sp³-hybridized carbons (Fsp3) is 0.526. The van der Waals surface area contributed by atoms with Gasteiger partial charge in [-0.2, -0.15) is 0 Å². The van der Waals surface area contributed by atoms with Crippen LogP contribution in [0, 0.1) is 19.8 Å². The predicted molar refractivity (Wildman–Crippen MR) is 111 cm³/mol. The summed E-state index contributed by atoms with van der Waals surface area (Å²) in [4.78, 5) is 12.6. The number of amides is 1. The van der Waals surface area contributed by atoms with Gasteiger partial charge in [0.25, 0.3) is 0 Å². The van der Waals surface area contributed by atoms with Gasteiger partial charge in [0.1, 0.15) is 5.82 Å². The van der Waals surface area contributed by atoms with Gasteiger partial charge in [-0.25, -0.2) is 8.42 Å². The van der Waals surface area contributed by atoms with Crippen LogP contribution in [0.4, 0.5) is 5.69 Å². The van der Waals surface area contributed by atoms with Crippen LogP contribution in [0.3, 0.4) is 0 Å². The van der Waals surface area contributed by atoms with Crippen molar-refractivity contribution in [1.29, 1.82) is 0 Å². The summed E-state index contributed by atoms with van der Waals surface area (Å²) >= 11 is 1.35. The maximum Gasteiger partial charge on any atom is 0.237 e. The van der Waals surface area contributed by atoms with Gasteiger partial charge in [-0.3, -0.25) is 4.79 Å². The highest BCUT2D eigenvalue weighted by atomic mass is 32.2. The molecule has 9 heteroatoms. The van der Waals surface area contributed by atoms with E-state index in [4.69, 9.17) is 0 Å². The van der Waals surface area contributed by atoms with Crippen LogP contribution >= 0.6 is 11.8 Å². The highest BCUT2D eigenvalue weighted by Gasteiger charge is 2.29. The van der Waals surface area contributed by atoms with E-state index in [1.54, 1.807) is 0 Å². The minimum Gasteiger partial charge on any atom is -0.325 e. The molecule has 0 bridgehead atoms. The molecular formula is C19H26N4O3S2. The second-order valence-corrected chi connectivity index (χ2v) is 11.0. The molecule has 1 fully saturated rings. The monoisotopic (exact) mass is 422 g/mol. The van der Waals surface area contributed by atoms with E-state index >= 15 is 0 Å². The smallest absolute Gasteiger partial charge is 0.237 e. The summed E-state index contributed by atoms with van der Waals surface area (Å²) in [6.07, 6.45) is 1.26. The van der Waals surface area contributed by atoms with E-state index in [0.717, 1.165) is 22.6 Å². The lowest BCUT2D eigenvalue weighted by molar-refractivity contribution is -0.115. The number of thioether (sulfide) groups is 1. The van der Waals surface area contributed by atoms with Crippen molar-refractivity contribution in [2.45, 2.75) is 44.0 Å². The molecule has 1 saturated heterocycles. The average molecular weight is 423 g/mol. The lowest BCUT2D eigenvalue weighted by Crippen LogP contribution is -2.23. The summed E-state index contributed by atoms with van der Waals surface area (Å²) in [6.45, 7) is 5.79. The number of carbonyl (C=O) groups is 1. The van der Waals surface area contributed by atoms with Gasteiger partial charge in [-0.15, -0.1) is 10.2 Å². The molecule has 0 unspecified atom stereocenters. The molecule has 2 atom stereocenters. The molecule has 1 aliphatic rings. The summed E-state index contributed by atoms with van der Waals surface area (Å²) in [5.41, 5.74) is 2.93. The first-order valence-electron chi connectivity index (χ1n) is 9.28. The minimum absolute atomic E-state index is 0.0925. The zero-order chi connectivity index (χ0) is 20.5. The van der Waals surface area contributed by atoms with Crippen molar-refractivity contribution in [3.8, 4) is 0 Å². The SMILES string of the molecule is Cc1ccc(C)c(NC(=O)[C@@H](C)Sc2nnc(C[C@@H]3CCS(=O)(=O)C3)n2C)c1. The molecule has 1 aliphatic heterocycles. The first-order chi connectivity index (χ1) is 13.1. The molecule has 28 heavy (non-hydrogen) atoms. The van der Waals surface area contributed by atoms with Crippen molar-refractivity contribution in [3.05, 3.63) is 35.2 Å². The molecular weight excluding hydrogens is 396 g/mol. The summed E-state index contributed by atoms with van der Waals surface area (Å²) in [7, 11) is -1.05. The van der Waals surface area contributed by atoms with Gasteiger partial charge in [0.15, 0.2) is 15.0 Å². The van der Waals surface area contributed by atoms with Crippen molar-refractivity contribution in [3.63, 3.8) is 0 Å². The van der Waals surface area contributed by atoms with Crippen LogP contribution in [-0.2, 0) is 28.1 Å². The number of sulfone groups is 1. The third-order valence-electron chi connectivity index (χ3n) is 5.03. The van der Waals surface area contributed by atoms with Gasteiger partial charge in [-0.05, 0) is 50.3 Å². The molecule has 7 nitrogen and oxygen atoms in total. The molecule has 3 rings (SSSR count). The zero-order valence-corrected chi connectivity index (χ0v) is 18.2. The Labute approximate surface area is 170 Å². The first-order valence-corrected chi connectivity index (χ1v) is 12.0. The molecule has 0 spiro atoms. The predicted octanol–water partition coefficient (Wildman–Crippen LogP) is 2.53. The maximum absolute atomic E-state index is 12.6. The van der Waals surface area contributed by atoms with E-state index in [0.29, 0.717) is 18.0 Å². The van der Waals surface area contributed by atoms with E-state index in [1.807, 2.05) is 50.6 Å². The number of nitrogens with one attached hydrogen (secondary N) is 1. The Morgan fingerprint density at radius 3 is 2.79 bits per heavy atom. The highest BCUT2D eigenvalue weighted by Crippen LogP contribution is 2.26. The number of rotatable bonds is 6. The topological polar surface area (TPSA) is 94.0 Å². The molecule has 0 saturated carbocycles. The molecule has 1 aromatic carbocycles. The Morgan fingerprint density at radius 2 is 2.11 bits per heavy atom. The van der Waals surface area contributed by atoms with Crippen molar-refractivity contribution in [2.75, 3.05) is 16.8 Å². The highest BCUT2D eigenvalue weighted by molar-refractivity contribution is 8.00. The molecule has 0 radical (unpaired) electrons. The number of anilines is 1. The summed E-state index contributed by atoms with van der Waals surface area (Å²) in [5.74, 6) is 1.23. The van der Waals surface area contributed by atoms with Crippen LogP contribution < -0.4 is 5.32 Å². The van der Waals surface area contributed by atoms with Gasteiger partial charge in [0.05, 0.1) is 16.8 Å². The normalized spacial score (nSPS) is 19.5. The molecule has 152 valence electrons. The quantitative estimate of drug-likeness (QED) is 0.719. The summed E-state index contributed by atoms with van der Waals surface area (Å²) < 4.78 is 25.1. The molecule has 2 aromatic rings. The Kier molecular flexibility index (Phi) is 6.14. The van der Waals surface area contributed by atoms with Gasteiger partial charge in [0, 0.05) is 19.2 Å². The van der Waals surface area contributed by atoms with Crippen molar-refractivity contribution in [1.82, 2.24) is 14.8 Å². The Morgan fingerprint density at radius 1 is 1.36 bits per heavy atom. The summed E-state index contributed by atoms with van der Waals surface area (Å²) in [6, 6.07) is 5.96. The van der Waals surface area contributed by atoms with Crippen LogP contribution in [0.25, 0.3) is 0 Å². The van der Waals surface area contributed by atoms with E-state index in [-0.39, 0.29) is 28.6 Å². The lowest BCUT2D eigenvalue weighted by atomic mass is 10.1. The van der Waals surface area contributed by atoms with E-state index in [1.165, 1.54) is 11.8 Å². The number of hydrogen-bond donors (Lipinski definition) is 1. The number of aromatic nitrogens is 3. The fourth-order valence-electron chi connectivity index (χ4n) is 3.23. The van der Waals surface area contributed by atoms with Crippen LogP contribution in [0.1, 0.15) is 30.3 Å². The third-order valence-corrected chi connectivity index (χ3v) is 8.00. The molecule has 2 heterocycles.